The summed E-state index contributed by atoms with van der Waals surface area (Å²) < 4.78 is 5.12. The van der Waals surface area contributed by atoms with Crippen LogP contribution in [0.2, 0.25) is 0 Å². The summed E-state index contributed by atoms with van der Waals surface area (Å²) in [7, 11) is 3.21. The Hall–Kier alpha value is -2.56. The number of methoxy groups -OCH3 is 1. The van der Waals surface area contributed by atoms with Crippen molar-refractivity contribution in [1.29, 1.82) is 0 Å². The number of hydrogen-bond donors (Lipinski definition) is 1. The molecule has 2 aromatic rings. The number of hydrogen-bond acceptors (Lipinski definition) is 4. The van der Waals surface area contributed by atoms with E-state index in [1.165, 1.54) is 12.0 Å². The zero-order chi connectivity index (χ0) is 13.8. The summed E-state index contributed by atoms with van der Waals surface area (Å²) in [5.74, 6) is 0.302. The predicted molar refractivity (Wildman–Crippen MR) is 74.4 cm³/mol. The Labute approximate surface area is 111 Å². The molecule has 19 heavy (non-hydrogen) atoms. The van der Waals surface area contributed by atoms with Crippen molar-refractivity contribution in [2.45, 2.75) is 0 Å². The molecular weight excluding hydrogens is 242 g/mol. The summed E-state index contributed by atoms with van der Waals surface area (Å²) >= 11 is 0. The molecule has 1 aromatic heterocycles. The van der Waals surface area contributed by atoms with Gasteiger partial charge in [0, 0.05) is 25.1 Å². The number of aromatic nitrogens is 1. The van der Waals surface area contributed by atoms with Crippen LogP contribution in [-0.4, -0.2) is 25.0 Å². The van der Waals surface area contributed by atoms with E-state index in [2.05, 4.69) is 4.98 Å². The van der Waals surface area contributed by atoms with E-state index >= 15 is 0 Å². The molecule has 98 valence electrons. The van der Waals surface area contributed by atoms with Crippen LogP contribution >= 0.6 is 0 Å². The van der Waals surface area contributed by atoms with Crippen molar-refractivity contribution in [2.75, 3.05) is 24.8 Å². The lowest BCUT2D eigenvalue weighted by molar-refractivity contribution is 0.0993. The van der Waals surface area contributed by atoms with Crippen LogP contribution in [0.4, 0.5) is 11.4 Å². The molecule has 0 unspecified atom stereocenters. The molecule has 1 aromatic carbocycles. The minimum absolute atomic E-state index is 0.192. The zero-order valence-electron chi connectivity index (χ0n) is 10.8. The topological polar surface area (TPSA) is 68.5 Å². The highest BCUT2D eigenvalue weighted by atomic mass is 16.5. The van der Waals surface area contributed by atoms with Crippen LogP contribution in [0.3, 0.4) is 0 Å². The second kappa shape index (κ2) is 5.39. The Morgan fingerprint density at radius 3 is 2.58 bits per heavy atom. The van der Waals surface area contributed by atoms with Crippen LogP contribution in [0.1, 0.15) is 10.4 Å². The number of pyridine rings is 1. The van der Waals surface area contributed by atoms with Gasteiger partial charge in [0.15, 0.2) is 0 Å². The zero-order valence-corrected chi connectivity index (χ0v) is 10.8. The number of amides is 1. The fourth-order valence-corrected chi connectivity index (χ4v) is 1.77. The van der Waals surface area contributed by atoms with Gasteiger partial charge in [0.1, 0.15) is 5.75 Å². The van der Waals surface area contributed by atoms with Gasteiger partial charge in [0.25, 0.3) is 5.91 Å². The van der Waals surface area contributed by atoms with Crippen LogP contribution < -0.4 is 15.4 Å². The maximum atomic E-state index is 12.4. The maximum Gasteiger partial charge on any atom is 0.260 e. The maximum absolute atomic E-state index is 12.4. The van der Waals surface area contributed by atoms with Crippen molar-refractivity contribution in [3.8, 4) is 5.75 Å². The SMILES string of the molecule is COc1cccc(C(=O)N(C)c2ccncc2)c1N. The lowest BCUT2D eigenvalue weighted by Crippen LogP contribution is -2.27. The van der Waals surface area contributed by atoms with E-state index < -0.39 is 0 Å². The monoisotopic (exact) mass is 257 g/mol. The molecule has 0 saturated carbocycles. The number of ether oxygens (including phenoxy) is 1. The number of rotatable bonds is 3. The van der Waals surface area contributed by atoms with E-state index in [9.17, 15) is 4.79 Å². The first kappa shape index (κ1) is 12.9. The smallest absolute Gasteiger partial charge is 0.260 e. The Balaban J connectivity index is 2.35. The van der Waals surface area contributed by atoms with Gasteiger partial charge in [-0.3, -0.25) is 9.78 Å². The average molecular weight is 257 g/mol. The highest BCUT2D eigenvalue weighted by Crippen LogP contribution is 2.26. The van der Waals surface area contributed by atoms with E-state index in [1.807, 2.05) is 0 Å². The summed E-state index contributed by atoms with van der Waals surface area (Å²) in [5.41, 5.74) is 7.44. The lowest BCUT2D eigenvalue weighted by atomic mass is 10.1. The first-order chi connectivity index (χ1) is 9.15. The van der Waals surface area contributed by atoms with E-state index in [1.54, 1.807) is 49.8 Å². The molecule has 1 amide bonds. The van der Waals surface area contributed by atoms with Crippen LogP contribution in [0.15, 0.2) is 42.7 Å². The summed E-state index contributed by atoms with van der Waals surface area (Å²) in [5, 5.41) is 0. The van der Waals surface area contributed by atoms with Crippen molar-refractivity contribution >= 4 is 17.3 Å². The van der Waals surface area contributed by atoms with Crippen molar-refractivity contribution < 1.29 is 9.53 Å². The largest absolute Gasteiger partial charge is 0.495 e. The Kier molecular flexibility index (Phi) is 3.66. The van der Waals surface area contributed by atoms with Gasteiger partial charge in [-0.25, -0.2) is 0 Å². The number of carbonyl (C=O) groups is 1. The van der Waals surface area contributed by atoms with Gasteiger partial charge < -0.3 is 15.4 Å². The normalized spacial score (nSPS) is 10.0. The van der Waals surface area contributed by atoms with Gasteiger partial charge in [-0.1, -0.05) is 6.07 Å². The minimum Gasteiger partial charge on any atom is -0.495 e. The number of nitrogens with two attached hydrogens (primary N) is 1. The molecule has 0 aliphatic carbocycles. The van der Waals surface area contributed by atoms with Crippen molar-refractivity contribution in [2.24, 2.45) is 0 Å². The molecular formula is C14H15N3O2. The molecule has 2 rings (SSSR count). The molecule has 0 aliphatic rings. The molecule has 0 atom stereocenters. The molecule has 0 aliphatic heterocycles. The molecule has 0 spiro atoms. The van der Waals surface area contributed by atoms with E-state index in [-0.39, 0.29) is 5.91 Å². The predicted octanol–water partition coefficient (Wildman–Crippen LogP) is 1.95. The molecule has 0 fully saturated rings. The number of benzene rings is 1. The van der Waals surface area contributed by atoms with Crippen molar-refractivity contribution in [3.63, 3.8) is 0 Å². The van der Waals surface area contributed by atoms with Crippen LogP contribution in [0.5, 0.6) is 5.75 Å². The molecule has 0 saturated heterocycles. The average Bonchev–Trinajstić information content (AvgIpc) is 2.47. The Bertz CT molecular complexity index is 584. The number of nitrogen functional groups attached to an aromatic ring is 1. The third-order valence-corrected chi connectivity index (χ3v) is 2.87. The van der Waals surface area contributed by atoms with Gasteiger partial charge in [-0.05, 0) is 24.3 Å². The molecule has 0 bridgehead atoms. The molecule has 5 nitrogen and oxygen atoms in total. The standard InChI is InChI=1S/C14H15N3O2/c1-17(10-6-8-16-9-7-10)14(18)11-4-3-5-12(19-2)13(11)15/h3-9H,15H2,1-2H3. The fraction of sp³-hybridized carbons (Fsp3) is 0.143. The summed E-state index contributed by atoms with van der Waals surface area (Å²) in [6.07, 6.45) is 3.27. The fourth-order valence-electron chi connectivity index (χ4n) is 1.77. The highest BCUT2D eigenvalue weighted by Gasteiger charge is 2.17. The Morgan fingerprint density at radius 1 is 1.26 bits per heavy atom. The summed E-state index contributed by atoms with van der Waals surface area (Å²) in [6, 6.07) is 8.65. The van der Waals surface area contributed by atoms with Crippen molar-refractivity contribution in [3.05, 3.63) is 48.3 Å². The lowest BCUT2D eigenvalue weighted by Gasteiger charge is -2.18. The number of anilines is 2. The summed E-state index contributed by atoms with van der Waals surface area (Å²) in [4.78, 5) is 17.8. The molecule has 5 heteroatoms. The molecule has 0 radical (unpaired) electrons. The van der Waals surface area contributed by atoms with Gasteiger partial charge in [0.05, 0.1) is 18.4 Å². The Morgan fingerprint density at radius 2 is 1.95 bits per heavy atom. The molecule has 1 heterocycles. The quantitative estimate of drug-likeness (QED) is 0.853. The van der Waals surface area contributed by atoms with Gasteiger partial charge in [-0.2, -0.15) is 0 Å². The van der Waals surface area contributed by atoms with Crippen LogP contribution in [0, 0.1) is 0 Å². The van der Waals surface area contributed by atoms with E-state index in [0.717, 1.165) is 5.69 Å². The number of nitrogens with zero attached hydrogens (tertiary/aromatic N) is 2. The van der Waals surface area contributed by atoms with Gasteiger partial charge >= 0.3 is 0 Å². The first-order valence-corrected chi connectivity index (χ1v) is 5.75. The molecule has 2 N–H and O–H groups in total. The van der Waals surface area contributed by atoms with Gasteiger partial charge in [0.2, 0.25) is 0 Å². The number of carbonyl (C=O) groups excluding carboxylic acids is 1. The van der Waals surface area contributed by atoms with E-state index in [0.29, 0.717) is 17.0 Å². The second-order valence-corrected chi connectivity index (χ2v) is 3.99. The second-order valence-electron chi connectivity index (χ2n) is 3.99. The highest BCUT2D eigenvalue weighted by molar-refractivity contribution is 6.09. The van der Waals surface area contributed by atoms with Crippen LogP contribution in [0.25, 0.3) is 0 Å². The van der Waals surface area contributed by atoms with Gasteiger partial charge in [-0.15, -0.1) is 0 Å². The van der Waals surface area contributed by atoms with E-state index in [4.69, 9.17) is 10.5 Å². The third kappa shape index (κ3) is 2.49. The first-order valence-electron chi connectivity index (χ1n) is 5.75. The summed E-state index contributed by atoms with van der Waals surface area (Å²) in [6.45, 7) is 0. The van der Waals surface area contributed by atoms with Crippen molar-refractivity contribution in [1.82, 2.24) is 4.98 Å². The third-order valence-electron chi connectivity index (χ3n) is 2.87. The minimum atomic E-state index is -0.192. The number of para-hydroxylation sites is 1. The van der Waals surface area contributed by atoms with Crippen LogP contribution in [-0.2, 0) is 0 Å².